The standard InChI is InChI=1S/C17H19NOS/c1-3-13-8-9-14(4-2)15(11-13)16(19)12-20-17-7-5-6-10-18-17/h5-11H,3-4,12H2,1-2H3. The molecule has 0 spiro atoms. The van der Waals surface area contributed by atoms with E-state index in [9.17, 15) is 4.79 Å². The summed E-state index contributed by atoms with van der Waals surface area (Å²) in [6, 6.07) is 12.0. The Morgan fingerprint density at radius 1 is 1.15 bits per heavy atom. The maximum absolute atomic E-state index is 12.4. The van der Waals surface area contributed by atoms with Crippen LogP contribution in [0.3, 0.4) is 0 Å². The predicted octanol–water partition coefficient (Wildman–Crippen LogP) is 4.18. The average molecular weight is 285 g/mol. The van der Waals surface area contributed by atoms with Gasteiger partial charge >= 0.3 is 0 Å². The van der Waals surface area contributed by atoms with E-state index in [1.807, 2.05) is 24.3 Å². The van der Waals surface area contributed by atoms with Gasteiger partial charge < -0.3 is 0 Å². The van der Waals surface area contributed by atoms with Crippen molar-refractivity contribution in [3.63, 3.8) is 0 Å². The topological polar surface area (TPSA) is 30.0 Å². The molecule has 2 nitrogen and oxygen atoms in total. The zero-order valence-corrected chi connectivity index (χ0v) is 12.7. The Kier molecular flexibility index (Phi) is 5.36. The van der Waals surface area contributed by atoms with Crippen LogP contribution in [0.15, 0.2) is 47.6 Å². The van der Waals surface area contributed by atoms with Gasteiger partial charge in [0.15, 0.2) is 5.78 Å². The van der Waals surface area contributed by atoms with E-state index in [2.05, 4.69) is 31.0 Å². The highest BCUT2D eigenvalue weighted by atomic mass is 32.2. The molecule has 0 saturated heterocycles. The third-order valence-electron chi connectivity index (χ3n) is 3.25. The molecule has 2 rings (SSSR count). The fraction of sp³-hybridized carbons (Fsp3) is 0.294. The lowest BCUT2D eigenvalue weighted by atomic mass is 9.98. The minimum Gasteiger partial charge on any atom is -0.293 e. The Labute approximate surface area is 124 Å². The molecule has 0 radical (unpaired) electrons. The van der Waals surface area contributed by atoms with Gasteiger partial charge in [-0.25, -0.2) is 4.98 Å². The summed E-state index contributed by atoms with van der Waals surface area (Å²) in [7, 11) is 0. The highest BCUT2D eigenvalue weighted by Crippen LogP contribution is 2.19. The third kappa shape index (κ3) is 3.70. The second-order valence-electron chi connectivity index (χ2n) is 4.58. The molecule has 0 N–H and O–H groups in total. The molecule has 104 valence electrons. The molecule has 0 saturated carbocycles. The first kappa shape index (κ1) is 14.8. The molecule has 0 aliphatic heterocycles. The molecule has 1 heterocycles. The van der Waals surface area contributed by atoms with E-state index in [4.69, 9.17) is 0 Å². The van der Waals surface area contributed by atoms with E-state index in [0.29, 0.717) is 5.75 Å². The maximum atomic E-state index is 12.4. The number of Topliss-reactive ketones (excluding diaryl/α,β-unsaturated/α-hetero) is 1. The van der Waals surface area contributed by atoms with Gasteiger partial charge in [-0.3, -0.25) is 4.79 Å². The smallest absolute Gasteiger partial charge is 0.173 e. The van der Waals surface area contributed by atoms with E-state index in [1.54, 1.807) is 6.20 Å². The van der Waals surface area contributed by atoms with E-state index in [1.165, 1.54) is 17.3 Å². The number of aromatic nitrogens is 1. The Hall–Kier alpha value is -1.61. The Balaban J connectivity index is 2.12. The Morgan fingerprint density at radius 3 is 2.65 bits per heavy atom. The number of rotatable bonds is 6. The second-order valence-corrected chi connectivity index (χ2v) is 5.57. The summed E-state index contributed by atoms with van der Waals surface area (Å²) in [4.78, 5) is 16.6. The van der Waals surface area contributed by atoms with Crippen LogP contribution in [0, 0.1) is 0 Å². The van der Waals surface area contributed by atoms with Gasteiger partial charge in [-0.2, -0.15) is 0 Å². The average Bonchev–Trinajstić information content (AvgIpc) is 2.52. The molecule has 0 fully saturated rings. The van der Waals surface area contributed by atoms with Crippen LogP contribution in [0.1, 0.15) is 35.3 Å². The first-order chi connectivity index (χ1) is 9.74. The van der Waals surface area contributed by atoms with Crippen LogP contribution >= 0.6 is 11.8 Å². The molecular weight excluding hydrogens is 266 g/mol. The summed E-state index contributed by atoms with van der Waals surface area (Å²) in [5.41, 5.74) is 3.22. The molecule has 1 aromatic carbocycles. The lowest BCUT2D eigenvalue weighted by molar-refractivity contribution is 0.102. The summed E-state index contributed by atoms with van der Waals surface area (Å²) in [5.74, 6) is 0.629. The number of carbonyl (C=O) groups is 1. The van der Waals surface area contributed by atoms with Crippen LogP contribution in [-0.4, -0.2) is 16.5 Å². The van der Waals surface area contributed by atoms with E-state index >= 15 is 0 Å². The lowest BCUT2D eigenvalue weighted by Crippen LogP contribution is -2.07. The van der Waals surface area contributed by atoms with Crippen LogP contribution in [0.4, 0.5) is 0 Å². The third-order valence-corrected chi connectivity index (χ3v) is 4.20. The van der Waals surface area contributed by atoms with Gasteiger partial charge in [-0.1, -0.05) is 43.8 Å². The molecule has 0 aliphatic rings. The van der Waals surface area contributed by atoms with E-state index in [-0.39, 0.29) is 5.78 Å². The van der Waals surface area contributed by atoms with Crippen LogP contribution < -0.4 is 0 Å². The highest BCUT2D eigenvalue weighted by Gasteiger charge is 2.12. The summed E-state index contributed by atoms with van der Waals surface area (Å²) in [6.07, 6.45) is 3.60. The molecule has 3 heteroatoms. The molecule has 0 atom stereocenters. The first-order valence-electron chi connectivity index (χ1n) is 6.93. The van der Waals surface area contributed by atoms with Crippen molar-refractivity contribution in [2.45, 2.75) is 31.7 Å². The van der Waals surface area contributed by atoms with Gasteiger partial charge in [0.2, 0.25) is 0 Å². The lowest BCUT2D eigenvalue weighted by Gasteiger charge is -2.09. The van der Waals surface area contributed by atoms with Crippen molar-refractivity contribution in [3.8, 4) is 0 Å². The number of thioether (sulfide) groups is 1. The largest absolute Gasteiger partial charge is 0.293 e. The quantitative estimate of drug-likeness (QED) is 0.589. The molecule has 20 heavy (non-hydrogen) atoms. The molecule has 0 unspecified atom stereocenters. The minimum atomic E-state index is 0.188. The maximum Gasteiger partial charge on any atom is 0.173 e. The number of aryl methyl sites for hydroxylation is 2. The Bertz CT molecular complexity index is 581. The van der Waals surface area contributed by atoms with Gasteiger partial charge in [0.25, 0.3) is 0 Å². The second kappa shape index (κ2) is 7.25. The zero-order valence-electron chi connectivity index (χ0n) is 11.9. The van der Waals surface area contributed by atoms with Crippen LogP contribution in [-0.2, 0) is 12.8 Å². The van der Waals surface area contributed by atoms with Gasteiger partial charge in [0.05, 0.1) is 10.8 Å². The van der Waals surface area contributed by atoms with E-state index in [0.717, 1.165) is 29.0 Å². The number of benzene rings is 1. The van der Waals surface area contributed by atoms with Crippen molar-refractivity contribution in [1.82, 2.24) is 4.98 Å². The SMILES string of the molecule is CCc1ccc(CC)c(C(=O)CSc2ccccn2)c1. The van der Waals surface area contributed by atoms with Gasteiger partial charge in [-0.05, 0) is 42.2 Å². The van der Waals surface area contributed by atoms with Crippen molar-refractivity contribution in [2.24, 2.45) is 0 Å². The van der Waals surface area contributed by atoms with Crippen molar-refractivity contribution >= 4 is 17.5 Å². The molecule has 0 bridgehead atoms. The van der Waals surface area contributed by atoms with Crippen molar-refractivity contribution in [3.05, 3.63) is 59.3 Å². The van der Waals surface area contributed by atoms with Crippen molar-refractivity contribution in [1.29, 1.82) is 0 Å². The number of ketones is 1. The molecule has 0 amide bonds. The van der Waals surface area contributed by atoms with E-state index < -0.39 is 0 Å². The van der Waals surface area contributed by atoms with Gasteiger partial charge in [-0.15, -0.1) is 0 Å². The van der Waals surface area contributed by atoms with Gasteiger partial charge in [0.1, 0.15) is 0 Å². The summed E-state index contributed by atoms with van der Waals surface area (Å²) >= 11 is 1.50. The predicted molar refractivity (Wildman–Crippen MR) is 84.5 cm³/mol. The summed E-state index contributed by atoms with van der Waals surface area (Å²) < 4.78 is 0. The number of hydrogen-bond acceptors (Lipinski definition) is 3. The minimum absolute atomic E-state index is 0.188. The first-order valence-corrected chi connectivity index (χ1v) is 7.92. The molecule has 0 aliphatic carbocycles. The fourth-order valence-electron chi connectivity index (χ4n) is 2.06. The molecular formula is C17H19NOS. The van der Waals surface area contributed by atoms with Crippen LogP contribution in [0.5, 0.6) is 0 Å². The van der Waals surface area contributed by atoms with Crippen LogP contribution in [0.2, 0.25) is 0 Å². The zero-order chi connectivity index (χ0) is 14.4. The molecule has 2 aromatic rings. The van der Waals surface area contributed by atoms with Crippen molar-refractivity contribution in [2.75, 3.05) is 5.75 Å². The monoisotopic (exact) mass is 285 g/mol. The number of hydrogen-bond donors (Lipinski definition) is 0. The van der Waals surface area contributed by atoms with Gasteiger partial charge in [0, 0.05) is 11.8 Å². The molecule has 1 aromatic heterocycles. The fourth-order valence-corrected chi connectivity index (χ4v) is 2.81. The Morgan fingerprint density at radius 2 is 2.00 bits per heavy atom. The van der Waals surface area contributed by atoms with Crippen LogP contribution in [0.25, 0.3) is 0 Å². The number of pyridine rings is 1. The highest BCUT2D eigenvalue weighted by molar-refractivity contribution is 7.99. The summed E-state index contributed by atoms with van der Waals surface area (Å²) in [6.45, 7) is 4.20. The number of carbonyl (C=O) groups excluding carboxylic acids is 1. The normalized spacial score (nSPS) is 10.5. The van der Waals surface area contributed by atoms with Crippen molar-refractivity contribution < 1.29 is 4.79 Å². The summed E-state index contributed by atoms with van der Waals surface area (Å²) in [5, 5.41) is 0.894. The number of nitrogens with zero attached hydrogens (tertiary/aromatic N) is 1.